The molecule has 1 aromatic carbocycles. The Bertz CT molecular complexity index is 516. The van der Waals surface area contributed by atoms with Gasteiger partial charge in [-0.3, -0.25) is 0 Å². The van der Waals surface area contributed by atoms with Gasteiger partial charge in [0.2, 0.25) is 0 Å². The van der Waals surface area contributed by atoms with Crippen molar-refractivity contribution >= 4 is 0 Å². The monoisotopic (exact) mass is 242 g/mol. The molecule has 17 heavy (non-hydrogen) atoms. The molecular formula is C11H9F3N2O. The number of nitrogens with two attached hydrogens (primary N) is 1. The van der Waals surface area contributed by atoms with E-state index in [9.17, 15) is 13.2 Å². The first-order chi connectivity index (χ1) is 8.11. The standard InChI is InChI=1S/C11H9F3N2O/c12-6-3-7(13)11(8(14)4-6)9-5-16-10(17-9)1-2-15/h3-5H,1-2,15H2. The van der Waals surface area contributed by atoms with Crippen LogP contribution in [0.2, 0.25) is 0 Å². The zero-order valence-electron chi connectivity index (χ0n) is 8.71. The molecule has 0 aliphatic rings. The first-order valence-electron chi connectivity index (χ1n) is 4.91. The van der Waals surface area contributed by atoms with Crippen LogP contribution in [0.5, 0.6) is 0 Å². The molecule has 2 aromatic rings. The second-order valence-corrected chi connectivity index (χ2v) is 3.40. The van der Waals surface area contributed by atoms with Gasteiger partial charge in [0.25, 0.3) is 0 Å². The number of benzene rings is 1. The van der Waals surface area contributed by atoms with E-state index < -0.39 is 23.0 Å². The van der Waals surface area contributed by atoms with Crippen molar-refractivity contribution in [3.05, 3.63) is 41.7 Å². The third-order valence-electron chi connectivity index (χ3n) is 2.17. The smallest absolute Gasteiger partial charge is 0.196 e. The topological polar surface area (TPSA) is 52.0 Å². The first kappa shape index (κ1) is 11.7. The van der Waals surface area contributed by atoms with E-state index in [1.54, 1.807) is 0 Å². The molecule has 0 aliphatic carbocycles. The van der Waals surface area contributed by atoms with Crippen molar-refractivity contribution < 1.29 is 17.6 Å². The van der Waals surface area contributed by atoms with Gasteiger partial charge < -0.3 is 10.2 Å². The lowest BCUT2D eigenvalue weighted by Gasteiger charge is -2.01. The SMILES string of the molecule is NCCc1ncc(-c2c(F)cc(F)cc2F)o1. The number of halogens is 3. The number of nitrogens with zero attached hydrogens (tertiary/aromatic N) is 1. The zero-order valence-corrected chi connectivity index (χ0v) is 8.71. The van der Waals surface area contributed by atoms with Crippen LogP contribution < -0.4 is 5.73 Å². The molecule has 1 aromatic heterocycles. The summed E-state index contributed by atoms with van der Waals surface area (Å²) >= 11 is 0. The molecule has 0 saturated carbocycles. The van der Waals surface area contributed by atoms with E-state index in [2.05, 4.69) is 4.98 Å². The predicted octanol–water partition coefficient (Wildman–Crippen LogP) is 2.26. The van der Waals surface area contributed by atoms with Gasteiger partial charge in [-0.05, 0) is 0 Å². The second kappa shape index (κ2) is 4.58. The summed E-state index contributed by atoms with van der Waals surface area (Å²) in [6.45, 7) is 0.314. The van der Waals surface area contributed by atoms with Crippen LogP contribution in [0.3, 0.4) is 0 Å². The fourth-order valence-corrected chi connectivity index (χ4v) is 1.44. The Morgan fingerprint density at radius 1 is 1.18 bits per heavy atom. The van der Waals surface area contributed by atoms with E-state index in [-0.39, 0.29) is 11.7 Å². The van der Waals surface area contributed by atoms with Gasteiger partial charge in [0.1, 0.15) is 17.5 Å². The first-order valence-corrected chi connectivity index (χ1v) is 4.91. The zero-order chi connectivity index (χ0) is 12.4. The van der Waals surface area contributed by atoms with Crippen molar-refractivity contribution in [1.82, 2.24) is 4.98 Å². The van der Waals surface area contributed by atoms with Crippen LogP contribution in [-0.2, 0) is 6.42 Å². The van der Waals surface area contributed by atoms with Crippen LogP contribution in [0.1, 0.15) is 5.89 Å². The van der Waals surface area contributed by atoms with Crippen molar-refractivity contribution in [2.75, 3.05) is 6.54 Å². The average molecular weight is 242 g/mol. The highest BCUT2D eigenvalue weighted by Crippen LogP contribution is 2.27. The lowest BCUT2D eigenvalue weighted by Crippen LogP contribution is -2.02. The average Bonchev–Trinajstić information content (AvgIpc) is 2.65. The molecule has 0 bridgehead atoms. The number of rotatable bonds is 3. The highest BCUT2D eigenvalue weighted by Gasteiger charge is 2.17. The molecule has 0 unspecified atom stereocenters. The Kier molecular flexibility index (Phi) is 3.14. The Balaban J connectivity index is 2.45. The quantitative estimate of drug-likeness (QED) is 0.898. The molecule has 0 saturated heterocycles. The fraction of sp³-hybridized carbons (Fsp3) is 0.182. The second-order valence-electron chi connectivity index (χ2n) is 3.40. The van der Waals surface area contributed by atoms with Gasteiger partial charge in [-0.1, -0.05) is 0 Å². The van der Waals surface area contributed by atoms with Gasteiger partial charge in [0.05, 0.1) is 11.8 Å². The highest BCUT2D eigenvalue weighted by molar-refractivity contribution is 5.58. The minimum Gasteiger partial charge on any atom is -0.440 e. The summed E-state index contributed by atoms with van der Waals surface area (Å²) in [7, 11) is 0. The largest absolute Gasteiger partial charge is 0.440 e. The number of aromatic nitrogens is 1. The molecule has 6 heteroatoms. The van der Waals surface area contributed by atoms with E-state index >= 15 is 0 Å². The third kappa shape index (κ3) is 2.31. The maximum absolute atomic E-state index is 13.4. The van der Waals surface area contributed by atoms with E-state index in [1.165, 1.54) is 6.20 Å². The van der Waals surface area contributed by atoms with Crippen molar-refractivity contribution in [1.29, 1.82) is 0 Å². The normalized spacial score (nSPS) is 10.8. The third-order valence-corrected chi connectivity index (χ3v) is 2.17. The lowest BCUT2D eigenvalue weighted by atomic mass is 10.1. The molecule has 0 amide bonds. The van der Waals surface area contributed by atoms with Crippen molar-refractivity contribution in [3.8, 4) is 11.3 Å². The molecule has 0 spiro atoms. The number of hydrogen-bond donors (Lipinski definition) is 1. The van der Waals surface area contributed by atoms with Gasteiger partial charge in [0, 0.05) is 25.1 Å². The van der Waals surface area contributed by atoms with E-state index in [1.807, 2.05) is 0 Å². The molecule has 0 atom stereocenters. The maximum Gasteiger partial charge on any atom is 0.196 e. The summed E-state index contributed by atoms with van der Waals surface area (Å²) < 4.78 is 44.6. The predicted molar refractivity (Wildman–Crippen MR) is 54.6 cm³/mol. The molecule has 2 rings (SSSR count). The van der Waals surface area contributed by atoms with Crippen molar-refractivity contribution in [3.63, 3.8) is 0 Å². The molecule has 0 fully saturated rings. The van der Waals surface area contributed by atoms with Crippen LogP contribution in [0.25, 0.3) is 11.3 Å². The highest BCUT2D eigenvalue weighted by atomic mass is 19.1. The minimum atomic E-state index is -1.03. The van der Waals surface area contributed by atoms with Crippen molar-refractivity contribution in [2.24, 2.45) is 5.73 Å². The van der Waals surface area contributed by atoms with Crippen LogP contribution in [0, 0.1) is 17.5 Å². The van der Waals surface area contributed by atoms with Crippen LogP contribution >= 0.6 is 0 Å². The van der Waals surface area contributed by atoms with Gasteiger partial charge in [0.15, 0.2) is 11.7 Å². The van der Waals surface area contributed by atoms with E-state index in [4.69, 9.17) is 10.2 Å². The number of oxazole rings is 1. The molecular weight excluding hydrogens is 233 g/mol. The fourth-order valence-electron chi connectivity index (χ4n) is 1.44. The Morgan fingerprint density at radius 3 is 2.41 bits per heavy atom. The maximum atomic E-state index is 13.4. The summed E-state index contributed by atoms with van der Waals surface area (Å²) in [6, 6.07) is 1.17. The lowest BCUT2D eigenvalue weighted by molar-refractivity contribution is 0.493. The molecule has 1 heterocycles. The van der Waals surface area contributed by atoms with Gasteiger partial charge in [-0.25, -0.2) is 18.2 Å². The summed E-state index contributed by atoms with van der Waals surface area (Å²) in [4.78, 5) is 3.81. The summed E-state index contributed by atoms with van der Waals surface area (Å²) in [5.41, 5.74) is 4.86. The van der Waals surface area contributed by atoms with Crippen molar-refractivity contribution in [2.45, 2.75) is 6.42 Å². The van der Waals surface area contributed by atoms with E-state index in [0.717, 1.165) is 0 Å². The Labute approximate surface area is 95.1 Å². The molecule has 2 N–H and O–H groups in total. The summed E-state index contributed by atoms with van der Waals surface area (Å²) in [6.07, 6.45) is 1.55. The van der Waals surface area contributed by atoms with E-state index in [0.29, 0.717) is 25.1 Å². The minimum absolute atomic E-state index is 0.0801. The summed E-state index contributed by atoms with van der Waals surface area (Å²) in [5, 5.41) is 0. The summed E-state index contributed by atoms with van der Waals surface area (Å²) in [5.74, 6) is -2.84. The number of hydrogen-bond acceptors (Lipinski definition) is 3. The Hall–Kier alpha value is -1.82. The van der Waals surface area contributed by atoms with Crippen LogP contribution in [-0.4, -0.2) is 11.5 Å². The molecule has 0 radical (unpaired) electrons. The molecule has 0 aliphatic heterocycles. The van der Waals surface area contributed by atoms with Gasteiger partial charge in [-0.15, -0.1) is 0 Å². The van der Waals surface area contributed by atoms with Crippen LogP contribution in [0.4, 0.5) is 13.2 Å². The van der Waals surface area contributed by atoms with Gasteiger partial charge >= 0.3 is 0 Å². The Morgan fingerprint density at radius 2 is 1.82 bits per heavy atom. The van der Waals surface area contributed by atoms with Crippen LogP contribution in [0.15, 0.2) is 22.7 Å². The van der Waals surface area contributed by atoms with Gasteiger partial charge in [-0.2, -0.15) is 0 Å². The molecule has 3 nitrogen and oxygen atoms in total. The molecule has 90 valence electrons.